The van der Waals surface area contributed by atoms with Crippen molar-refractivity contribution in [1.29, 1.82) is 0 Å². The van der Waals surface area contributed by atoms with Crippen molar-refractivity contribution in [2.75, 3.05) is 39.8 Å². The SMILES string of the molecule is COc1cncc(-n2ccc(C(C)(C)N3CCNCC3)n2)c1.O=CNCC(F)(F)F. The van der Waals surface area contributed by atoms with Gasteiger partial charge in [0.05, 0.1) is 36.4 Å². The lowest BCUT2D eigenvalue weighted by Crippen LogP contribution is -2.52. The quantitative estimate of drug-likeness (QED) is 0.682. The molecule has 0 bridgehead atoms. The molecule has 0 atom stereocenters. The fourth-order valence-corrected chi connectivity index (χ4v) is 2.98. The molecular formula is C19H27F3N6O2. The minimum Gasteiger partial charge on any atom is -0.495 e. The first-order chi connectivity index (χ1) is 14.2. The molecule has 8 nitrogen and oxygen atoms in total. The summed E-state index contributed by atoms with van der Waals surface area (Å²) in [6.45, 7) is 7.36. The number of ether oxygens (including phenoxy) is 1. The number of rotatable bonds is 6. The largest absolute Gasteiger partial charge is 0.495 e. The Hall–Kier alpha value is -2.66. The van der Waals surface area contributed by atoms with Crippen molar-refractivity contribution in [2.45, 2.75) is 25.6 Å². The topological polar surface area (TPSA) is 84.3 Å². The van der Waals surface area contributed by atoms with E-state index < -0.39 is 12.7 Å². The zero-order valence-electron chi connectivity index (χ0n) is 17.2. The minimum atomic E-state index is -4.29. The third-order valence-corrected chi connectivity index (χ3v) is 4.71. The lowest BCUT2D eigenvalue weighted by molar-refractivity contribution is -0.132. The number of hydrogen-bond acceptors (Lipinski definition) is 6. The smallest absolute Gasteiger partial charge is 0.405 e. The normalized spacial score (nSPS) is 15.1. The first-order valence-electron chi connectivity index (χ1n) is 9.42. The van der Waals surface area contributed by atoms with Crippen LogP contribution in [-0.2, 0) is 10.3 Å². The summed E-state index contributed by atoms with van der Waals surface area (Å²) >= 11 is 0. The van der Waals surface area contributed by atoms with Crippen LogP contribution >= 0.6 is 0 Å². The van der Waals surface area contributed by atoms with Crippen LogP contribution in [0.2, 0.25) is 0 Å². The Balaban J connectivity index is 0.000000343. The van der Waals surface area contributed by atoms with E-state index in [0.717, 1.165) is 43.3 Å². The minimum absolute atomic E-state index is 0.00743. The molecule has 166 valence electrons. The Labute approximate surface area is 173 Å². The van der Waals surface area contributed by atoms with E-state index >= 15 is 0 Å². The zero-order valence-corrected chi connectivity index (χ0v) is 17.2. The van der Waals surface area contributed by atoms with Crippen molar-refractivity contribution in [3.05, 3.63) is 36.4 Å². The molecule has 3 rings (SSSR count). The van der Waals surface area contributed by atoms with Crippen LogP contribution in [0.4, 0.5) is 13.2 Å². The lowest BCUT2D eigenvalue weighted by Gasteiger charge is -2.40. The number of carbonyl (C=O) groups excluding carboxylic acids is 1. The van der Waals surface area contributed by atoms with Crippen molar-refractivity contribution in [3.8, 4) is 11.4 Å². The van der Waals surface area contributed by atoms with Gasteiger partial charge in [0.25, 0.3) is 0 Å². The number of carbonyl (C=O) groups is 1. The van der Waals surface area contributed by atoms with Gasteiger partial charge in [0, 0.05) is 38.4 Å². The van der Waals surface area contributed by atoms with Crippen LogP contribution in [0.25, 0.3) is 5.69 Å². The average molecular weight is 428 g/mol. The van der Waals surface area contributed by atoms with Gasteiger partial charge in [-0.25, -0.2) is 4.68 Å². The zero-order chi connectivity index (χ0) is 22.2. The van der Waals surface area contributed by atoms with Gasteiger partial charge in [-0.1, -0.05) is 0 Å². The predicted molar refractivity (Wildman–Crippen MR) is 106 cm³/mol. The summed E-state index contributed by atoms with van der Waals surface area (Å²) in [5.41, 5.74) is 1.89. The van der Waals surface area contributed by atoms with E-state index in [-0.39, 0.29) is 11.9 Å². The Kier molecular flexibility index (Phi) is 8.18. The van der Waals surface area contributed by atoms with E-state index in [0.29, 0.717) is 0 Å². The van der Waals surface area contributed by atoms with Gasteiger partial charge >= 0.3 is 6.18 Å². The fraction of sp³-hybridized carbons (Fsp3) is 0.526. The number of methoxy groups -OCH3 is 1. The van der Waals surface area contributed by atoms with E-state index in [1.54, 1.807) is 19.5 Å². The Morgan fingerprint density at radius 1 is 1.27 bits per heavy atom. The highest BCUT2D eigenvalue weighted by Crippen LogP contribution is 2.27. The predicted octanol–water partition coefficient (Wildman–Crippen LogP) is 1.71. The molecular weight excluding hydrogens is 401 g/mol. The molecule has 2 N–H and O–H groups in total. The second-order valence-electron chi connectivity index (χ2n) is 7.14. The molecule has 1 saturated heterocycles. The summed E-state index contributed by atoms with van der Waals surface area (Å²) in [5, 5.41) is 9.64. The fourth-order valence-electron chi connectivity index (χ4n) is 2.98. The molecule has 1 aliphatic heterocycles. The van der Waals surface area contributed by atoms with Crippen LogP contribution in [0.3, 0.4) is 0 Å². The summed E-state index contributed by atoms with van der Waals surface area (Å²) in [6.07, 6.45) is 1.18. The highest BCUT2D eigenvalue weighted by molar-refractivity contribution is 5.45. The number of hydrogen-bond donors (Lipinski definition) is 2. The van der Waals surface area contributed by atoms with Crippen LogP contribution in [0.1, 0.15) is 19.5 Å². The third kappa shape index (κ3) is 6.70. The molecule has 0 aliphatic carbocycles. The molecule has 0 unspecified atom stereocenters. The van der Waals surface area contributed by atoms with E-state index in [4.69, 9.17) is 9.84 Å². The van der Waals surface area contributed by atoms with Crippen molar-refractivity contribution in [2.24, 2.45) is 0 Å². The number of aromatic nitrogens is 3. The number of piperazine rings is 1. The second-order valence-corrected chi connectivity index (χ2v) is 7.14. The maximum atomic E-state index is 11.0. The Morgan fingerprint density at radius 2 is 1.97 bits per heavy atom. The van der Waals surface area contributed by atoms with Crippen LogP contribution in [0.5, 0.6) is 5.75 Å². The van der Waals surface area contributed by atoms with Gasteiger partial charge in [-0.05, 0) is 19.9 Å². The summed E-state index contributed by atoms with van der Waals surface area (Å²) < 4.78 is 40.1. The highest BCUT2D eigenvalue weighted by atomic mass is 19.4. The second kappa shape index (κ2) is 10.4. The summed E-state index contributed by atoms with van der Waals surface area (Å²) in [6, 6.07) is 4.02. The van der Waals surface area contributed by atoms with Crippen LogP contribution in [0.15, 0.2) is 30.7 Å². The van der Waals surface area contributed by atoms with Gasteiger partial charge in [0.15, 0.2) is 0 Å². The summed E-state index contributed by atoms with van der Waals surface area (Å²) in [5.74, 6) is 0.732. The summed E-state index contributed by atoms with van der Waals surface area (Å²) in [7, 11) is 1.64. The molecule has 11 heteroatoms. The highest BCUT2D eigenvalue weighted by Gasteiger charge is 2.31. The van der Waals surface area contributed by atoms with Crippen LogP contribution < -0.4 is 15.4 Å². The van der Waals surface area contributed by atoms with Crippen molar-refractivity contribution in [1.82, 2.24) is 30.3 Å². The molecule has 2 aromatic rings. The number of alkyl halides is 3. The average Bonchev–Trinajstić information content (AvgIpc) is 3.24. The molecule has 0 spiro atoms. The van der Waals surface area contributed by atoms with Crippen LogP contribution in [0, 0.1) is 0 Å². The lowest BCUT2D eigenvalue weighted by atomic mass is 9.97. The first-order valence-corrected chi connectivity index (χ1v) is 9.42. The molecule has 0 radical (unpaired) electrons. The van der Waals surface area contributed by atoms with Crippen molar-refractivity contribution in [3.63, 3.8) is 0 Å². The van der Waals surface area contributed by atoms with Gasteiger partial charge in [-0.3, -0.25) is 14.7 Å². The molecule has 1 amide bonds. The maximum Gasteiger partial charge on any atom is 0.405 e. The van der Waals surface area contributed by atoms with Gasteiger partial charge in [-0.2, -0.15) is 18.3 Å². The maximum absolute atomic E-state index is 11.0. The van der Waals surface area contributed by atoms with Crippen molar-refractivity contribution >= 4 is 6.41 Å². The van der Waals surface area contributed by atoms with Crippen molar-refractivity contribution < 1.29 is 22.7 Å². The van der Waals surface area contributed by atoms with E-state index in [2.05, 4.69) is 35.1 Å². The van der Waals surface area contributed by atoms with Gasteiger partial charge in [0.1, 0.15) is 12.3 Å². The van der Waals surface area contributed by atoms with E-state index in [9.17, 15) is 18.0 Å². The number of pyridine rings is 1. The standard InChI is InChI=1S/C16H23N5O.C3H4F3NO/c1-16(2,20-8-5-17-6-9-20)15-4-7-21(19-15)13-10-14(22-3)12-18-11-13;4-3(5,6)1-7-2-8/h4,7,10-12,17H,5-6,8-9H2,1-3H3;2H,1H2,(H,7,8). The molecule has 1 fully saturated rings. The van der Waals surface area contributed by atoms with E-state index in [1.165, 1.54) is 5.32 Å². The first kappa shape index (κ1) is 23.6. The Morgan fingerprint density at radius 3 is 2.53 bits per heavy atom. The molecule has 2 aromatic heterocycles. The number of halogens is 3. The van der Waals surface area contributed by atoms with Gasteiger partial charge in [0.2, 0.25) is 6.41 Å². The van der Waals surface area contributed by atoms with Gasteiger partial charge in [-0.15, -0.1) is 0 Å². The number of nitrogens with zero attached hydrogens (tertiary/aromatic N) is 4. The number of nitrogens with one attached hydrogen (secondary N) is 2. The molecule has 1 aliphatic rings. The molecule has 0 saturated carbocycles. The third-order valence-electron chi connectivity index (χ3n) is 4.71. The Bertz CT molecular complexity index is 804. The van der Waals surface area contributed by atoms with E-state index in [1.807, 2.05) is 16.9 Å². The summed E-state index contributed by atoms with van der Waals surface area (Å²) in [4.78, 5) is 15.9. The molecule has 0 aromatic carbocycles. The van der Waals surface area contributed by atoms with Crippen LogP contribution in [-0.4, -0.2) is 72.1 Å². The molecule has 30 heavy (non-hydrogen) atoms. The number of amides is 1. The van der Waals surface area contributed by atoms with Gasteiger partial charge < -0.3 is 15.4 Å². The molecule has 3 heterocycles. The monoisotopic (exact) mass is 428 g/mol.